The molecule has 0 spiro atoms. The van der Waals surface area contributed by atoms with Crippen molar-refractivity contribution >= 4 is 29.7 Å². The van der Waals surface area contributed by atoms with E-state index in [1.165, 1.54) is 103 Å². The van der Waals surface area contributed by atoms with E-state index in [9.17, 15) is 24.0 Å². The van der Waals surface area contributed by atoms with Gasteiger partial charge in [-0.05, 0) is 144 Å². The van der Waals surface area contributed by atoms with Gasteiger partial charge in [-0.1, -0.05) is 148 Å². The van der Waals surface area contributed by atoms with Crippen LogP contribution in [0.1, 0.15) is 266 Å². The summed E-state index contributed by atoms with van der Waals surface area (Å²) in [6.07, 6.45) is 42.8. The van der Waals surface area contributed by atoms with Crippen LogP contribution in [0.2, 0.25) is 0 Å². The Morgan fingerprint density at radius 2 is 1.00 bits per heavy atom. The molecular weight excluding hydrogens is 879 g/mol. The van der Waals surface area contributed by atoms with Crippen LogP contribution in [0.25, 0.3) is 0 Å². The van der Waals surface area contributed by atoms with E-state index in [0.29, 0.717) is 64.5 Å². The van der Waals surface area contributed by atoms with Crippen LogP contribution in [0.4, 0.5) is 0 Å². The molecule has 2 amide bonds. The number of rotatable bonds is 48. The maximum Gasteiger partial charge on any atom is 0.325 e. The van der Waals surface area contributed by atoms with E-state index in [1.807, 2.05) is 14.1 Å². The Kier molecular flexibility index (Phi) is 44.7. The van der Waals surface area contributed by atoms with Crippen molar-refractivity contribution in [3.8, 4) is 0 Å². The first-order chi connectivity index (χ1) is 33.7. The highest BCUT2D eigenvalue weighted by molar-refractivity contribution is 5.89. The molecule has 408 valence electrons. The van der Waals surface area contributed by atoms with Crippen molar-refractivity contribution < 1.29 is 38.2 Å². The van der Waals surface area contributed by atoms with Crippen LogP contribution in [-0.4, -0.2) is 97.6 Å². The van der Waals surface area contributed by atoms with Gasteiger partial charge in [0.25, 0.3) is 0 Å². The molecule has 0 saturated heterocycles. The van der Waals surface area contributed by atoms with E-state index in [0.717, 1.165) is 64.3 Å². The van der Waals surface area contributed by atoms with Crippen molar-refractivity contribution in [2.45, 2.75) is 284 Å². The fraction of sp³-hybridized carbons (Fsp3) is 0.847. The molecular formula is C59H109N3O8. The van der Waals surface area contributed by atoms with Gasteiger partial charge in [-0.3, -0.25) is 24.0 Å². The molecule has 0 aliphatic heterocycles. The topological polar surface area (TPSA) is 132 Å². The van der Waals surface area contributed by atoms with Gasteiger partial charge < -0.3 is 29.3 Å². The van der Waals surface area contributed by atoms with E-state index in [-0.39, 0.29) is 43.3 Å². The fourth-order valence-electron chi connectivity index (χ4n) is 8.55. The van der Waals surface area contributed by atoms with E-state index < -0.39 is 23.5 Å². The Bertz CT molecular complexity index is 1340. The summed E-state index contributed by atoms with van der Waals surface area (Å²) in [6, 6.07) is -0.785. The average Bonchev–Trinajstić information content (AvgIpc) is 3.31. The first-order valence-corrected chi connectivity index (χ1v) is 28.8. The van der Waals surface area contributed by atoms with Crippen LogP contribution in [-0.2, 0) is 38.2 Å². The monoisotopic (exact) mass is 988 g/mol. The minimum absolute atomic E-state index is 0.0497. The Morgan fingerprint density at radius 3 is 1.60 bits per heavy atom. The molecule has 0 rings (SSSR count). The molecule has 1 unspecified atom stereocenters. The summed E-state index contributed by atoms with van der Waals surface area (Å²) in [5, 5.41) is 2.76. The van der Waals surface area contributed by atoms with Gasteiger partial charge in [0.2, 0.25) is 11.8 Å². The third kappa shape index (κ3) is 43.6. The van der Waals surface area contributed by atoms with E-state index >= 15 is 0 Å². The van der Waals surface area contributed by atoms with Crippen molar-refractivity contribution in [1.82, 2.24) is 15.1 Å². The average molecular weight is 989 g/mol. The highest BCUT2D eigenvalue weighted by Crippen LogP contribution is 2.20. The quantitative estimate of drug-likeness (QED) is 0.0274. The maximum atomic E-state index is 14.1. The summed E-state index contributed by atoms with van der Waals surface area (Å²) < 4.78 is 17.1. The van der Waals surface area contributed by atoms with Crippen molar-refractivity contribution in [2.24, 2.45) is 0 Å². The molecule has 0 aromatic carbocycles. The number of hydrogen-bond donors (Lipinski definition) is 1. The highest BCUT2D eigenvalue weighted by Gasteiger charge is 2.30. The minimum Gasteiger partial charge on any atom is -0.466 e. The number of esters is 3. The van der Waals surface area contributed by atoms with Crippen LogP contribution >= 0.6 is 0 Å². The third-order valence-corrected chi connectivity index (χ3v) is 12.6. The molecule has 0 aromatic rings. The fourth-order valence-corrected chi connectivity index (χ4v) is 8.55. The standard InChI is InChI=1S/C59H109N3O8/c1-9-12-15-18-21-22-23-24-25-26-27-28-29-32-37-46-55(64)68-50-40-33-36-44-53(58(67)60-51-57(66)70-59(4,5)6)62(49-41-48-61(7)8)54(63)45-38-39-47-56(65)69-52(42-34-30-19-16-13-10-2)43-35-31-20-17-14-11-3/h21-22,24-25,52-53H,9-20,23,26-51H2,1-8H3,(H,60,67)/b22-21-,25-24-. The number of nitrogens with zero attached hydrogens (tertiary/aromatic N) is 2. The Hall–Kier alpha value is -3.21. The van der Waals surface area contributed by atoms with Gasteiger partial charge in [0.05, 0.1) is 6.61 Å². The number of carbonyl (C=O) groups excluding carboxylic acids is 5. The van der Waals surface area contributed by atoms with E-state index in [4.69, 9.17) is 14.2 Å². The molecule has 0 aliphatic carbocycles. The lowest BCUT2D eigenvalue weighted by atomic mass is 10.0. The second kappa shape index (κ2) is 46.8. The van der Waals surface area contributed by atoms with E-state index in [2.05, 4.69) is 55.3 Å². The number of nitrogens with one attached hydrogen (secondary N) is 1. The lowest BCUT2D eigenvalue weighted by Gasteiger charge is -2.32. The molecule has 0 aromatic heterocycles. The van der Waals surface area contributed by atoms with Crippen LogP contribution in [0.5, 0.6) is 0 Å². The molecule has 11 heteroatoms. The first-order valence-electron chi connectivity index (χ1n) is 28.8. The molecule has 0 bridgehead atoms. The summed E-state index contributed by atoms with van der Waals surface area (Å²) in [5.41, 5.74) is -0.698. The smallest absolute Gasteiger partial charge is 0.325 e. The third-order valence-electron chi connectivity index (χ3n) is 12.6. The van der Waals surface area contributed by atoms with Gasteiger partial charge in [0.1, 0.15) is 24.3 Å². The van der Waals surface area contributed by atoms with Gasteiger partial charge in [-0.25, -0.2) is 0 Å². The van der Waals surface area contributed by atoms with E-state index in [1.54, 1.807) is 25.7 Å². The lowest BCUT2D eigenvalue weighted by Crippen LogP contribution is -2.51. The largest absolute Gasteiger partial charge is 0.466 e. The van der Waals surface area contributed by atoms with Crippen LogP contribution in [0, 0.1) is 0 Å². The number of carbonyl (C=O) groups is 5. The second-order valence-electron chi connectivity index (χ2n) is 21.0. The zero-order chi connectivity index (χ0) is 51.9. The molecule has 0 fully saturated rings. The predicted octanol–water partition coefficient (Wildman–Crippen LogP) is 14.5. The molecule has 11 nitrogen and oxygen atoms in total. The van der Waals surface area contributed by atoms with Crippen molar-refractivity contribution in [2.75, 3.05) is 40.3 Å². The number of hydrogen-bond acceptors (Lipinski definition) is 9. The van der Waals surface area contributed by atoms with Gasteiger partial charge in [0, 0.05) is 25.8 Å². The van der Waals surface area contributed by atoms with Gasteiger partial charge in [0.15, 0.2) is 0 Å². The Morgan fingerprint density at radius 1 is 0.514 bits per heavy atom. The summed E-state index contributed by atoms with van der Waals surface area (Å²) in [6.45, 7) is 13.2. The van der Waals surface area contributed by atoms with Crippen LogP contribution < -0.4 is 5.32 Å². The Labute approximate surface area is 430 Å². The second-order valence-corrected chi connectivity index (χ2v) is 21.0. The summed E-state index contributed by atoms with van der Waals surface area (Å²) in [4.78, 5) is 69.9. The predicted molar refractivity (Wildman–Crippen MR) is 291 cm³/mol. The molecule has 0 aliphatic rings. The first kappa shape index (κ1) is 66.8. The summed E-state index contributed by atoms with van der Waals surface area (Å²) in [5.74, 6) is -1.44. The van der Waals surface area contributed by atoms with Crippen molar-refractivity contribution in [3.05, 3.63) is 24.3 Å². The maximum absolute atomic E-state index is 14.1. The van der Waals surface area contributed by atoms with Crippen LogP contribution in [0.3, 0.4) is 0 Å². The van der Waals surface area contributed by atoms with Gasteiger partial charge >= 0.3 is 17.9 Å². The van der Waals surface area contributed by atoms with Crippen molar-refractivity contribution in [1.29, 1.82) is 0 Å². The zero-order valence-corrected chi connectivity index (χ0v) is 46.7. The summed E-state index contributed by atoms with van der Waals surface area (Å²) in [7, 11) is 3.96. The normalized spacial score (nSPS) is 12.3. The number of amides is 2. The Balaban J connectivity index is 5.24. The summed E-state index contributed by atoms with van der Waals surface area (Å²) >= 11 is 0. The van der Waals surface area contributed by atoms with Crippen molar-refractivity contribution in [3.63, 3.8) is 0 Å². The lowest BCUT2D eigenvalue weighted by molar-refractivity contribution is -0.155. The molecule has 70 heavy (non-hydrogen) atoms. The van der Waals surface area contributed by atoms with Gasteiger partial charge in [-0.2, -0.15) is 0 Å². The molecule has 1 atom stereocenters. The molecule has 0 heterocycles. The SMILES string of the molecule is CCCCC/C=C\C/C=C\CCCCCCCC(=O)OCCCCCC(C(=O)NCC(=O)OC(C)(C)C)N(CCCN(C)C)C(=O)CCCCC(=O)OC(CCCCCCCC)CCCCCCCC. The molecule has 1 N–H and O–H groups in total. The molecule has 0 saturated carbocycles. The zero-order valence-electron chi connectivity index (χ0n) is 46.7. The number of unbranched alkanes of at least 4 members (excludes halogenated alkanes) is 21. The van der Waals surface area contributed by atoms with Crippen LogP contribution in [0.15, 0.2) is 24.3 Å². The minimum atomic E-state index is -0.785. The highest BCUT2D eigenvalue weighted by atomic mass is 16.6. The number of allylic oxidation sites excluding steroid dienone is 4. The van der Waals surface area contributed by atoms with Gasteiger partial charge in [-0.15, -0.1) is 0 Å². The molecule has 0 radical (unpaired) electrons. The number of ether oxygens (including phenoxy) is 3.